The Hall–Kier alpha value is -2.04. The summed E-state index contributed by atoms with van der Waals surface area (Å²) in [6.07, 6.45) is 7.41. The molecule has 0 aromatic heterocycles. The van der Waals surface area contributed by atoms with E-state index < -0.39 is 0 Å². The quantitative estimate of drug-likeness (QED) is 0.897. The summed E-state index contributed by atoms with van der Waals surface area (Å²) in [7, 11) is 0. The number of hydrogen-bond donors (Lipinski definition) is 2. The molecule has 23 heavy (non-hydrogen) atoms. The van der Waals surface area contributed by atoms with E-state index in [0.29, 0.717) is 19.0 Å². The Morgan fingerprint density at radius 1 is 1.17 bits per heavy atom. The highest BCUT2D eigenvalue weighted by Gasteiger charge is 2.21. The zero-order chi connectivity index (χ0) is 16.1. The molecule has 1 aromatic rings. The van der Waals surface area contributed by atoms with Gasteiger partial charge < -0.3 is 15.5 Å². The number of benzene rings is 1. The molecular weight excluding hydrogens is 290 g/mol. The molecule has 0 bridgehead atoms. The van der Waals surface area contributed by atoms with Crippen molar-refractivity contribution in [2.24, 2.45) is 0 Å². The lowest BCUT2D eigenvalue weighted by Crippen LogP contribution is -2.42. The van der Waals surface area contributed by atoms with Crippen LogP contribution in [-0.4, -0.2) is 24.5 Å². The topological polar surface area (TPSA) is 61.4 Å². The molecule has 0 atom stereocenters. The number of rotatable bonds is 4. The highest BCUT2D eigenvalue weighted by Crippen LogP contribution is 2.22. The number of amides is 3. The van der Waals surface area contributed by atoms with Gasteiger partial charge in [-0.15, -0.1) is 0 Å². The molecule has 1 aliphatic carbocycles. The van der Waals surface area contributed by atoms with Crippen molar-refractivity contribution in [2.75, 3.05) is 11.4 Å². The number of urea groups is 1. The molecule has 1 aromatic carbocycles. The molecule has 1 saturated carbocycles. The summed E-state index contributed by atoms with van der Waals surface area (Å²) < 4.78 is 0. The molecule has 1 aliphatic heterocycles. The molecule has 5 heteroatoms. The fourth-order valence-electron chi connectivity index (χ4n) is 3.42. The van der Waals surface area contributed by atoms with E-state index in [0.717, 1.165) is 37.1 Å². The number of carbonyl (C=O) groups is 2. The minimum atomic E-state index is -0.0976. The average Bonchev–Trinajstić information content (AvgIpc) is 3.00. The first-order chi connectivity index (χ1) is 11.2. The molecule has 3 rings (SSSR count). The van der Waals surface area contributed by atoms with Crippen LogP contribution in [0.25, 0.3) is 0 Å². The van der Waals surface area contributed by atoms with Gasteiger partial charge in [0.2, 0.25) is 5.91 Å². The van der Waals surface area contributed by atoms with Gasteiger partial charge in [-0.05, 0) is 37.0 Å². The summed E-state index contributed by atoms with van der Waals surface area (Å²) in [5, 5.41) is 5.97. The monoisotopic (exact) mass is 315 g/mol. The van der Waals surface area contributed by atoms with Gasteiger partial charge in [0.25, 0.3) is 0 Å². The molecule has 2 aliphatic rings. The second-order valence-electron chi connectivity index (χ2n) is 6.48. The first-order valence-electron chi connectivity index (χ1n) is 8.66. The van der Waals surface area contributed by atoms with Crippen molar-refractivity contribution in [1.82, 2.24) is 10.6 Å². The van der Waals surface area contributed by atoms with Crippen molar-refractivity contribution < 1.29 is 9.59 Å². The highest BCUT2D eigenvalue weighted by atomic mass is 16.2. The van der Waals surface area contributed by atoms with E-state index in [-0.39, 0.29) is 11.9 Å². The smallest absolute Gasteiger partial charge is 0.315 e. The van der Waals surface area contributed by atoms with E-state index in [1.54, 1.807) is 0 Å². The maximum Gasteiger partial charge on any atom is 0.315 e. The summed E-state index contributed by atoms with van der Waals surface area (Å²) in [6.45, 7) is 1.27. The SMILES string of the molecule is O=C(NCc1cccc(N2CCCC2=O)c1)NC1CCCCC1. The predicted octanol–water partition coefficient (Wildman–Crippen LogP) is 2.95. The zero-order valence-electron chi connectivity index (χ0n) is 13.5. The summed E-state index contributed by atoms with van der Waals surface area (Å²) in [5.74, 6) is 0.185. The van der Waals surface area contributed by atoms with E-state index in [2.05, 4.69) is 10.6 Å². The first kappa shape index (κ1) is 15.8. The van der Waals surface area contributed by atoms with E-state index in [9.17, 15) is 9.59 Å². The van der Waals surface area contributed by atoms with Crippen molar-refractivity contribution in [2.45, 2.75) is 57.5 Å². The van der Waals surface area contributed by atoms with E-state index in [4.69, 9.17) is 0 Å². The minimum absolute atomic E-state index is 0.0976. The first-order valence-corrected chi connectivity index (χ1v) is 8.66. The molecule has 1 saturated heterocycles. The standard InChI is InChI=1S/C18H25N3O2/c22-17-10-5-11-21(17)16-9-4-6-14(12-16)13-19-18(23)20-15-7-2-1-3-8-15/h4,6,9,12,15H,1-3,5,7-8,10-11,13H2,(H2,19,20,23). The van der Waals surface area contributed by atoms with Gasteiger partial charge in [-0.1, -0.05) is 31.4 Å². The van der Waals surface area contributed by atoms with Crippen molar-refractivity contribution >= 4 is 17.6 Å². The summed E-state index contributed by atoms with van der Waals surface area (Å²) >= 11 is 0. The molecule has 0 unspecified atom stereocenters. The van der Waals surface area contributed by atoms with Gasteiger partial charge in [0.15, 0.2) is 0 Å². The van der Waals surface area contributed by atoms with E-state index in [1.807, 2.05) is 29.2 Å². The van der Waals surface area contributed by atoms with Crippen LogP contribution in [0, 0.1) is 0 Å². The Morgan fingerprint density at radius 3 is 2.74 bits per heavy atom. The number of carbonyl (C=O) groups excluding carboxylic acids is 2. The van der Waals surface area contributed by atoms with Crippen LogP contribution in [0.2, 0.25) is 0 Å². The Morgan fingerprint density at radius 2 is 2.00 bits per heavy atom. The van der Waals surface area contributed by atoms with Crippen LogP contribution >= 0.6 is 0 Å². The lowest BCUT2D eigenvalue weighted by atomic mass is 9.96. The number of nitrogens with one attached hydrogen (secondary N) is 2. The molecule has 1 heterocycles. The summed E-state index contributed by atoms with van der Waals surface area (Å²) in [5.41, 5.74) is 1.94. The van der Waals surface area contributed by atoms with Crippen molar-refractivity contribution in [3.05, 3.63) is 29.8 Å². The maximum atomic E-state index is 12.0. The number of anilines is 1. The molecule has 3 amide bonds. The third-order valence-corrected chi connectivity index (χ3v) is 4.69. The summed E-state index contributed by atoms with van der Waals surface area (Å²) in [6, 6.07) is 8.08. The van der Waals surface area contributed by atoms with Crippen LogP contribution in [0.1, 0.15) is 50.5 Å². The number of nitrogens with zero attached hydrogens (tertiary/aromatic N) is 1. The van der Waals surface area contributed by atoms with Crippen molar-refractivity contribution in [3.63, 3.8) is 0 Å². The lowest BCUT2D eigenvalue weighted by Gasteiger charge is -2.23. The highest BCUT2D eigenvalue weighted by molar-refractivity contribution is 5.95. The molecule has 2 fully saturated rings. The average molecular weight is 315 g/mol. The van der Waals surface area contributed by atoms with E-state index in [1.165, 1.54) is 19.3 Å². The molecular formula is C18H25N3O2. The second kappa shape index (κ2) is 7.49. The van der Waals surface area contributed by atoms with Gasteiger partial charge in [0, 0.05) is 31.2 Å². The van der Waals surface area contributed by atoms with Gasteiger partial charge in [-0.25, -0.2) is 4.79 Å². The van der Waals surface area contributed by atoms with Crippen molar-refractivity contribution in [1.29, 1.82) is 0 Å². The van der Waals surface area contributed by atoms with Crippen LogP contribution in [-0.2, 0) is 11.3 Å². The second-order valence-corrected chi connectivity index (χ2v) is 6.48. The van der Waals surface area contributed by atoms with Crippen LogP contribution in [0.3, 0.4) is 0 Å². The Balaban J connectivity index is 1.51. The van der Waals surface area contributed by atoms with Crippen LogP contribution in [0.4, 0.5) is 10.5 Å². The third-order valence-electron chi connectivity index (χ3n) is 4.69. The minimum Gasteiger partial charge on any atom is -0.335 e. The Labute approximate surface area is 137 Å². The lowest BCUT2D eigenvalue weighted by molar-refractivity contribution is -0.117. The van der Waals surface area contributed by atoms with Crippen LogP contribution in [0.15, 0.2) is 24.3 Å². The Kier molecular flexibility index (Phi) is 5.16. The fraction of sp³-hybridized carbons (Fsp3) is 0.556. The fourth-order valence-corrected chi connectivity index (χ4v) is 3.42. The molecule has 124 valence electrons. The van der Waals surface area contributed by atoms with Gasteiger partial charge in [0.1, 0.15) is 0 Å². The third kappa shape index (κ3) is 4.24. The molecule has 0 spiro atoms. The van der Waals surface area contributed by atoms with Crippen LogP contribution in [0.5, 0.6) is 0 Å². The normalized spacial score (nSPS) is 19.0. The van der Waals surface area contributed by atoms with Gasteiger partial charge in [0.05, 0.1) is 0 Å². The van der Waals surface area contributed by atoms with Crippen molar-refractivity contribution in [3.8, 4) is 0 Å². The van der Waals surface area contributed by atoms with E-state index >= 15 is 0 Å². The molecule has 0 radical (unpaired) electrons. The largest absolute Gasteiger partial charge is 0.335 e. The van der Waals surface area contributed by atoms with Gasteiger partial charge >= 0.3 is 6.03 Å². The van der Waals surface area contributed by atoms with Crippen LogP contribution < -0.4 is 15.5 Å². The molecule has 5 nitrogen and oxygen atoms in total. The van der Waals surface area contributed by atoms with Gasteiger partial charge in [-0.2, -0.15) is 0 Å². The number of hydrogen-bond acceptors (Lipinski definition) is 2. The zero-order valence-corrected chi connectivity index (χ0v) is 13.5. The van der Waals surface area contributed by atoms with Gasteiger partial charge in [-0.3, -0.25) is 4.79 Å². The maximum absolute atomic E-state index is 12.0. The predicted molar refractivity (Wildman–Crippen MR) is 90.3 cm³/mol. The Bertz CT molecular complexity index is 567. The molecule has 2 N–H and O–H groups in total. The summed E-state index contributed by atoms with van der Waals surface area (Å²) in [4.78, 5) is 25.6.